The van der Waals surface area contributed by atoms with Gasteiger partial charge in [0.05, 0.1) is 12.2 Å². The molecule has 0 fully saturated rings. The summed E-state index contributed by atoms with van der Waals surface area (Å²) in [5, 5.41) is 2.10. The highest BCUT2D eigenvalue weighted by Gasteiger charge is 2.09. The van der Waals surface area contributed by atoms with Crippen LogP contribution in [0.5, 0.6) is 0 Å². The molecule has 0 saturated carbocycles. The van der Waals surface area contributed by atoms with Crippen LogP contribution in [0.15, 0.2) is 34.1 Å². The first-order valence-corrected chi connectivity index (χ1v) is 7.04. The van der Waals surface area contributed by atoms with Gasteiger partial charge in [-0.15, -0.1) is 11.3 Å². The van der Waals surface area contributed by atoms with Crippen LogP contribution in [0.4, 0.5) is 11.4 Å². The van der Waals surface area contributed by atoms with Gasteiger partial charge in [0.15, 0.2) is 0 Å². The van der Waals surface area contributed by atoms with Crippen molar-refractivity contribution in [3.63, 3.8) is 0 Å². The molecule has 2 N–H and O–H groups in total. The molecule has 0 aliphatic heterocycles. The number of benzene rings is 1. The maximum Gasteiger partial charge on any atom is 0.0519 e. The molecule has 0 saturated heterocycles. The first kappa shape index (κ1) is 12.5. The second-order valence-electron chi connectivity index (χ2n) is 4.10. The first-order chi connectivity index (χ1) is 8.08. The Morgan fingerprint density at radius 1 is 1.41 bits per heavy atom. The molecule has 1 aromatic heterocycles. The van der Waals surface area contributed by atoms with E-state index in [1.807, 2.05) is 13.0 Å². The fourth-order valence-corrected chi connectivity index (χ4v) is 3.12. The van der Waals surface area contributed by atoms with E-state index in [0.717, 1.165) is 22.3 Å². The second-order valence-corrected chi connectivity index (χ2v) is 5.98. The van der Waals surface area contributed by atoms with Crippen molar-refractivity contribution in [2.24, 2.45) is 0 Å². The predicted octanol–water partition coefficient (Wildman–Crippen LogP) is 4.04. The van der Waals surface area contributed by atoms with Crippen molar-refractivity contribution in [3.8, 4) is 0 Å². The van der Waals surface area contributed by atoms with E-state index in [1.54, 1.807) is 11.3 Å². The van der Waals surface area contributed by atoms with E-state index in [0.29, 0.717) is 0 Å². The van der Waals surface area contributed by atoms with Crippen LogP contribution >= 0.6 is 27.3 Å². The minimum absolute atomic E-state index is 0.824. The second kappa shape index (κ2) is 5.10. The lowest BCUT2D eigenvalue weighted by Crippen LogP contribution is -2.16. The number of nitrogen functional groups attached to an aromatic ring is 1. The zero-order valence-electron chi connectivity index (χ0n) is 9.90. The normalized spacial score (nSPS) is 10.5. The molecule has 0 unspecified atom stereocenters. The number of hydrogen-bond donors (Lipinski definition) is 1. The van der Waals surface area contributed by atoms with Gasteiger partial charge < -0.3 is 10.6 Å². The number of rotatable bonds is 3. The van der Waals surface area contributed by atoms with Gasteiger partial charge >= 0.3 is 0 Å². The molecule has 0 radical (unpaired) electrons. The number of thiophene rings is 1. The summed E-state index contributed by atoms with van der Waals surface area (Å²) in [6.45, 7) is 2.95. The summed E-state index contributed by atoms with van der Waals surface area (Å²) in [5.41, 5.74) is 8.99. The van der Waals surface area contributed by atoms with Crippen molar-refractivity contribution in [2.75, 3.05) is 17.7 Å². The monoisotopic (exact) mass is 310 g/mol. The van der Waals surface area contributed by atoms with Gasteiger partial charge in [0.1, 0.15) is 0 Å². The van der Waals surface area contributed by atoms with Crippen molar-refractivity contribution < 1.29 is 0 Å². The minimum Gasteiger partial charge on any atom is -0.398 e. The van der Waals surface area contributed by atoms with Crippen LogP contribution in [-0.4, -0.2) is 7.05 Å². The Balaban J connectivity index is 2.24. The summed E-state index contributed by atoms with van der Waals surface area (Å²) in [4.78, 5) is 3.58. The SMILES string of the molecule is Cc1cc(N(C)Cc2cccs2)c(Br)cc1N. The van der Waals surface area contributed by atoms with Crippen LogP contribution in [0.2, 0.25) is 0 Å². The van der Waals surface area contributed by atoms with Gasteiger partial charge in [-0.1, -0.05) is 6.07 Å². The summed E-state index contributed by atoms with van der Waals surface area (Å²) in [6.07, 6.45) is 0. The molecule has 2 aromatic rings. The average Bonchev–Trinajstić information content (AvgIpc) is 2.76. The third-order valence-electron chi connectivity index (χ3n) is 2.72. The quantitative estimate of drug-likeness (QED) is 0.867. The molecule has 0 aliphatic rings. The van der Waals surface area contributed by atoms with E-state index in [4.69, 9.17) is 5.73 Å². The van der Waals surface area contributed by atoms with Gasteiger partial charge in [0, 0.05) is 22.1 Å². The van der Waals surface area contributed by atoms with Crippen molar-refractivity contribution in [1.29, 1.82) is 0 Å². The van der Waals surface area contributed by atoms with Crippen LogP contribution in [0.25, 0.3) is 0 Å². The molecule has 2 nitrogen and oxygen atoms in total. The Morgan fingerprint density at radius 3 is 2.82 bits per heavy atom. The van der Waals surface area contributed by atoms with E-state index in [-0.39, 0.29) is 0 Å². The fourth-order valence-electron chi connectivity index (χ4n) is 1.70. The van der Waals surface area contributed by atoms with E-state index in [2.05, 4.69) is 51.5 Å². The molecule has 0 bridgehead atoms. The van der Waals surface area contributed by atoms with Gasteiger partial charge in [-0.05, 0) is 52.0 Å². The maximum atomic E-state index is 5.88. The number of aryl methyl sites for hydroxylation is 1. The number of anilines is 2. The lowest BCUT2D eigenvalue weighted by atomic mass is 10.1. The van der Waals surface area contributed by atoms with E-state index in [1.165, 1.54) is 10.6 Å². The van der Waals surface area contributed by atoms with Crippen LogP contribution in [0.1, 0.15) is 10.4 Å². The van der Waals surface area contributed by atoms with Gasteiger partial charge in [0.25, 0.3) is 0 Å². The van der Waals surface area contributed by atoms with Crippen LogP contribution in [0, 0.1) is 6.92 Å². The Kier molecular flexibility index (Phi) is 3.74. The molecule has 17 heavy (non-hydrogen) atoms. The zero-order valence-corrected chi connectivity index (χ0v) is 12.3. The highest BCUT2D eigenvalue weighted by molar-refractivity contribution is 9.10. The van der Waals surface area contributed by atoms with Gasteiger partial charge in [-0.25, -0.2) is 0 Å². The molecule has 0 atom stereocenters. The summed E-state index contributed by atoms with van der Waals surface area (Å²) in [6, 6.07) is 8.32. The Bertz CT molecular complexity index is 508. The number of halogens is 1. The van der Waals surface area contributed by atoms with Crippen molar-refractivity contribution >= 4 is 38.6 Å². The highest BCUT2D eigenvalue weighted by Crippen LogP contribution is 2.31. The highest BCUT2D eigenvalue weighted by atomic mass is 79.9. The third-order valence-corrected chi connectivity index (χ3v) is 4.22. The Hall–Kier alpha value is -1.00. The van der Waals surface area contributed by atoms with E-state index in [9.17, 15) is 0 Å². The molecule has 90 valence electrons. The zero-order chi connectivity index (χ0) is 12.4. The number of hydrogen-bond acceptors (Lipinski definition) is 3. The van der Waals surface area contributed by atoms with Crippen LogP contribution < -0.4 is 10.6 Å². The largest absolute Gasteiger partial charge is 0.398 e. The van der Waals surface area contributed by atoms with Crippen molar-refractivity contribution in [3.05, 3.63) is 44.6 Å². The lowest BCUT2D eigenvalue weighted by molar-refractivity contribution is 0.936. The third kappa shape index (κ3) is 2.82. The summed E-state index contributed by atoms with van der Waals surface area (Å²) in [5.74, 6) is 0. The summed E-state index contributed by atoms with van der Waals surface area (Å²) < 4.78 is 1.04. The molecular formula is C13H15BrN2S. The molecule has 0 aliphatic carbocycles. The molecule has 1 aromatic carbocycles. The summed E-state index contributed by atoms with van der Waals surface area (Å²) in [7, 11) is 2.09. The number of nitrogens with zero attached hydrogens (tertiary/aromatic N) is 1. The van der Waals surface area contributed by atoms with Gasteiger partial charge in [-0.3, -0.25) is 0 Å². The number of nitrogens with two attached hydrogens (primary N) is 1. The standard InChI is InChI=1S/C13H15BrN2S/c1-9-6-13(11(14)7-12(9)15)16(2)8-10-4-3-5-17-10/h3-7H,8,15H2,1-2H3. The molecule has 4 heteroatoms. The molecule has 1 heterocycles. The molecule has 2 rings (SSSR count). The lowest BCUT2D eigenvalue weighted by Gasteiger charge is -2.21. The maximum absolute atomic E-state index is 5.88. The molecular weight excluding hydrogens is 296 g/mol. The predicted molar refractivity (Wildman–Crippen MR) is 79.7 cm³/mol. The molecule has 0 spiro atoms. The smallest absolute Gasteiger partial charge is 0.0519 e. The fraction of sp³-hybridized carbons (Fsp3) is 0.231. The van der Waals surface area contributed by atoms with Crippen LogP contribution in [0.3, 0.4) is 0 Å². The van der Waals surface area contributed by atoms with Crippen molar-refractivity contribution in [2.45, 2.75) is 13.5 Å². The minimum atomic E-state index is 0.824. The Labute approximate surface area is 114 Å². The Morgan fingerprint density at radius 2 is 2.18 bits per heavy atom. The van der Waals surface area contributed by atoms with E-state index >= 15 is 0 Å². The van der Waals surface area contributed by atoms with Gasteiger partial charge in [-0.2, -0.15) is 0 Å². The van der Waals surface area contributed by atoms with Crippen LogP contribution in [-0.2, 0) is 6.54 Å². The van der Waals surface area contributed by atoms with E-state index < -0.39 is 0 Å². The molecule has 0 amide bonds. The van der Waals surface area contributed by atoms with Crippen molar-refractivity contribution in [1.82, 2.24) is 0 Å². The topological polar surface area (TPSA) is 29.3 Å². The van der Waals surface area contributed by atoms with Gasteiger partial charge in [0.2, 0.25) is 0 Å². The average molecular weight is 311 g/mol. The first-order valence-electron chi connectivity index (χ1n) is 5.37. The summed E-state index contributed by atoms with van der Waals surface area (Å²) >= 11 is 5.35.